The van der Waals surface area contributed by atoms with Crippen LogP contribution in [0.5, 0.6) is 5.75 Å². The van der Waals surface area contributed by atoms with Gasteiger partial charge in [-0.1, -0.05) is 23.4 Å². The number of ether oxygens (including phenoxy) is 2. The molecule has 5 N–H and O–H groups in total. The number of carbonyl (C=O) groups is 1. The molecule has 1 fully saturated rings. The van der Waals surface area contributed by atoms with Gasteiger partial charge >= 0.3 is 6.18 Å². The molecule has 36 heavy (non-hydrogen) atoms. The van der Waals surface area contributed by atoms with Crippen LogP contribution in [0.4, 0.5) is 18.9 Å². The Balaban J connectivity index is 1.89. The summed E-state index contributed by atoms with van der Waals surface area (Å²) in [6, 6.07) is 6.90. The molecular formula is C24H22ClF3N4O4. The number of rotatable bonds is 4. The minimum atomic E-state index is -4.68. The number of nitrogens with two attached hydrogens (primary N) is 1. The van der Waals surface area contributed by atoms with Gasteiger partial charge in [-0.2, -0.15) is 13.2 Å². The zero-order valence-corrected chi connectivity index (χ0v) is 19.9. The molecule has 3 rings (SSSR count). The number of amides is 1. The van der Waals surface area contributed by atoms with Crippen molar-refractivity contribution in [3.05, 3.63) is 69.8 Å². The molecule has 1 unspecified atom stereocenters. The van der Waals surface area contributed by atoms with Crippen LogP contribution in [-0.2, 0) is 10.9 Å². The van der Waals surface area contributed by atoms with E-state index in [2.05, 4.69) is 27.5 Å². The molecule has 12 heteroatoms. The highest BCUT2D eigenvalue weighted by Crippen LogP contribution is 2.32. The highest BCUT2D eigenvalue weighted by Gasteiger charge is 2.31. The summed E-state index contributed by atoms with van der Waals surface area (Å²) in [6.45, 7) is 2.23. The summed E-state index contributed by atoms with van der Waals surface area (Å²) in [5.74, 6) is 4.51. The van der Waals surface area contributed by atoms with Gasteiger partial charge in [-0.15, -0.1) is 0 Å². The molecular weight excluding hydrogens is 501 g/mol. The number of nitrogens with zero attached hydrogens (tertiary/aromatic N) is 1. The first-order valence-electron chi connectivity index (χ1n) is 10.5. The van der Waals surface area contributed by atoms with E-state index in [1.807, 2.05) is 0 Å². The van der Waals surface area contributed by atoms with Crippen LogP contribution >= 0.6 is 11.6 Å². The average Bonchev–Trinajstić information content (AvgIpc) is 2.83. The molecule has 1 aliphatic heterocycles. The third-order valence-corrected chi connectivity index (χ3v) is 4.97. The second kappa shape index (κ2) is 11.2. The first-order valence-corrected chi connectivity index (χ1v) is 10.9. The fourth-order valence-electron chi connectivity index (χ4n) is 3.05. The molecule has 1 atom stereocenters. The molecule has 0 spiro atoms. The lowest BCUT2D eigenvalue weighted by Gasteiger charge is -2.21. The van der Waals surface area contributed by atoms with E-state index in [0.717, 1.165) is 12.1 Å². The fourth-order valence-corrected chi connectivity index (χ4v) is 3.21. The minimum absolute atomic E-state index is 0.0199. The lowest BCUT2D eigenvalue weighted by Crippen LogP contribution is -2.37. The molecule has 0 saturated carbocycles. The number of aliphatic hydroxyl groups excluding tert-OH is 1. The van der Waals surface area contributed by atoms with E-state index in [0.29, 0.717) is 19.0 Å². The molecule has 1 saturated heterocycles. The Hall–Kier alpha value is -3.88. The SMILES string of the molecule is CN=C1NCCO/C1=C(/N)Oc1cc(C(=O)Nc2cc(C#CC(C)O)cc(C(F)(F)F)c2)ccc1Cl. The molecule has 190 valence electrons. The van der Waals surface area contributed by atoms with Crippen molar-refractivity contribution in [2.45, 2.75) is 19.2 Å². The summed E-state index contributed by atoms with van der Waals surface area (Å²) < 4.78 is 51.2. The van der Waals surface area contributed by atoms with Gasteiger partial charge in [0.05, 0.1) is 17.1 Å². The number of benzene rings is 2. The van der Waals surface area contributed by atoms with Crippen LogP contribution in [0.3, 0.4) is 0 Å². The summed E-state index contributed by atoms with van der Waals surface area (Å²) in [4.78, 5) is 16.9. The van der Waals surface area contributed by atoms with Crippen molar-refractivity contribution < 1.29 is 32.5 Å². The molecule has 0 bridgehead atoms. The topological polar surface area (TPSA) is 118 Å². The van der Waals surface area contributed by atoms with E-state index < -0.39 is 23.8 Å². The number of hydrogen-bond acceptors (Lipinski definition) is 6. The van der Waals surface area contributed by atoms with Gasteiger partial charge in [-0.3, -0.25) is 9.79 Å². The minimum Gasteiger partial charge on any atom is -0.483 e. The van der Waals surface area contributed by atoms with Crippen LogP contribution in [0.15, 0.2) is 53.0 Å². The van der Waals surface area contributed by atoms with Crippen LogP contribution < -0.4 is 21.1 Å². The molecule has 0 aliphatic carbocycles. The number of morpholine rings is 1. The van der Waals surface area contributed by atoms with Gasteiger partial charge in [0.1, 0.15) is 18.5 Å². The largest absolute Gasteiger partial charge is 0.483 e. The van der Waals surface area contributed by atoms with Gasteiger partial charge in [0.2, 0.25) is 11.6 Å². The van der Waals surface area contributed by atoms with Gasteiger partial charge in [0.25, 0.3) is 5.91 Å². The Kier molecular flexibility index (Phi) is 8.34. The summed E-state index contributed by atoms with van der Waals surface area (Å²) in [5.41, 5.74) is 4.85. The summed E-state index contributed by atoms with van der Waals surface area (Å²) in [6.07, 6.45) is -5.72. The summed E-state index contributed by atoms with van der Waals surface area (Å²) in [7, 11) is 1.54. The van der Waals surface area contributed by atoms with Crippen LogP contribution in [0.25, 0.3) is 0 Å². The van der Waals surface area contributed by atoms with Crippen molar-refractivity contribution in [3.63, 3.8) is 0 Å². The number of halogens is 4. The molecule has 0 aromatic heterocycles. The second-order valence-electron chi connectivity index (χ2n) is 7.48. The van der Waals surface area contributed by atoms with E-state index in [4.69, 9.17) is 26.8 Å². The number of nitrogens with one attached hydrogen (secondary N) is 2. The number of carbonyl (C=O) groups excluding carboxylic acids is 1. The maximum absolute atomic E-state index is 13.4. The molecule has 1 amide bonds. The standard InChI is InChI=1S/C24H22ClF3N4O4/c1-13(33)3-4-14-9-16(24(26,27)28)12-17(10-14)32-23(34)15-5-6-18(25)19(11-15)36-21(29)20-22(30-2)31-7-8-35-20/h5-6,9-13,33H,7-8,29H2,1-2H3,(H,30,31)(H,32,34)/b21-20-. The normalized spacial score (nSPS) is 16.7. The van der Waals surface area contributed by atoms with Crippen molar-refractivity contribution in [2.75, 3.05) is 25.5 Å². The van der Waals surface area contributed by atoms with Crippen LogP contribution in [0, 0.1) is 11.8 Å². The maximum atomic E-state index is 13.4. The fraction of sp³-hybridized carbons (Fsp3) is 0.250. The van der Waals surface area contributed by atoms with E-state index in [9.17, 15) is 23.1 Å². The Morgan fingerprint density at radius 2 is 2.08 bits per heavy atom. The highest BCUT2D eigenvalue weighted by molar-refractivity contribution is 6.32. The number of alkyl halides is 3. The first kappa shape index (κ1) is 26.7. The van der Waals surface area contributed by atoms with Crippen molar-refractivity contribution in [1.82, 2.24) is 5.32 Å². The third kappa shape index (κ3) is 6.84. The lowest BCUT2D eigenvalue weighted by molar-refractivity contribution is -0.137. The van der Waals surface area contributed by atoms with E-state index >= 15 is 0 Å². The highest BCUT2D eigenvalue weighted by atomic mass is 35.5. The molecule has 8 nitrogen and oxygen atoms in total. The Morgan fingerprint density at radius 3 is 2.75 bits per heavy atom. The molecule has 1 aliphatic rings. The lowest BCUT2D eigenvalue weighted by atomic mass is 10.1. The van der Waals surface area contributed by atoms with Crippen molar-refractivity contribution in [3.8, 4) is 17.6 Å². The number of anilines is 1. The number of aliphatic imine (C=N–C) groups is 1. The Morgan fingerprint density at radius 1 is 1.33 bits per heavy atom. The first-order chi connectivity index (χ1) is 17.0. The van der Waals surface area contributed by atoms with E-state index in [1.165, 1.54) is 38.2 Å². The molecule has 2 aromatic rings. The number of amidine groups is 1. The van der Waals surface area contributed by atoms with Crippen LogP contribution in [-0.4, -0.2) is 43.2 Å². The molecule has 2 aromatic carbocycles. The number of hydrogen-bond donors (Lipinski definition) is 4. The Labute approximate surface area is 209 Å². The van der Waals surface area contributed by atoms with Gasteiger partial charge in [-0.25, -0.2) is 0 Å². The van der Waals surface area contributed by atoms with Crippen molar-refractivity contribution >= 4 is 29.0 Å². The molecule has 1 heterocycles. The predicted molar refractivity (Wildman–Crippen MR) is 129 cm³/mol. The monoisotopic (exact) mass is 522 g/mol. The molecule has 0 radical (unpaired) electrons. The Bertz CT molecular complexity index is 1280. The van der Waals surface area contributed by atoms with Crippen LogP contribution in [0.2, 0.25) is 5.02 Å². The van der Waals surface area contributed by atoms with Crippen molar-refractivity contribution in [2.24, 2.45) is 10.7 Å². The summed E-state index contributed by atoms with van der Waals surface area (Å²) >= 11 is 6.18. The average molecular weight is 523 g/mol. The van der Waals surface area contributed by atoms with Gasteiger partial charge in [0.15, 0.2) is 5.84 Å². The predicted octanol–water partition coefficient (Wildman–Crippen LogP) is 3.50. The van der Waals surface area contributed by atoms with Gasteiger partial charge in [-0.05, 0) is 43.3 Å². The smallest absolute Gasteiger partial charge is 0.416 e. The zero-order valence-electron chi connectivity index (χ0n) is 19.2. The zero-order chi connectivity index (χ0) is 26.5. The van der Waals surface area contributed by atoms with E-state index in [1.54, 1.807) is 0 Å². The quantitative estimate of drug-likeness (QED) is 0.360. The third-order valence-electron chi connectivity index (χ3n) is 4.66. The maximum Gasteiger partial charge on any atom is 0.416 e. The summed E-state index contributed by atoms with van der Waals surface area (Å²) in [5, 5.41) is 14.9. The second-order valence-corrected chi connectivity index (χ2v) is 7.89. The van der Waals surface area contributed by atoms with E-state index in [-0.39, 0.29) is 39.2 Å². The van der Waals surface area contributed by atoms with Crippen molar-refractivity contribution in [1.29, 1.82) is 0 Å². The van der Waals surface area contributed by atoms with Gasteiger partial charge < -0.3 is 30.9 Å². The van der Waals surface area contributed by atoms with Crippen LogP contribution in [0.1, 0.15) is 28.4 Å². The van der Waals surface area contributed by atoms with Gasteiger partial charge in [0, 0.05) is 23.9 Å². The number of aliphatic hydroxyl groups is 1.